The molecule has 8 heteroatoms. The molecule has 0 aliphatic rings. The third kappa shape index (κ3) is 6.50. The zero-order valence-corrected chi connectivity index (χ0v) is 17.4. The van der Waals surface area contributed by atoms with Gasteiger partial charge in [0.1, 0.15) is 11.3 Å². The summed E-state index contributed by atoms with van der Waals surface area (Å²) in [4.78, 5) is 15.2. The molecule has 0 spiro atoms. The normalized spacial score (nSPS) is 12.9. The second-order valence-electron chi connectivity index (χ2n) is 6.97. The van der Waals surface area contributed by atoms with Gasteiger partial charge in [0, 0.05) is 23.8 Å². The summed E-state index contributed by atoms with van der Waals surface area (Å²) in [5, 5.41) is 32.9. The van der Waals surface area contributed by atoms with E-state index in [0.29, 0.717) is 22.8 Å². The fraction of sp³-hybridized carbons (Fsp3) is 0.217. The van der Waals surface area contributed by atoms with Gasteiger partial charge in [-0.3, -0.25) is 0 Å². The van der Waals surface area contributed by atoms with E-state index in [2.05, 4.69) is 10.3 Å². The molecule has 0 saturated heterocycles. The minimum atomic E-state index is -1.11. The first-order chi connectivity index (χ1) is 15.0. The van der Waals surface area contributed by atoms with Gasteiger partial charge in [-0.05, 0) is 53.9 Å². The number of aromatic carboxylic acids is 1. The van der Waals surface area contributed by atoms with E-state index >= 15 is 0 Å². The zero-order chi connectivity index (χ0) is 22.2. The van der Waals surface area contributed by atoms with Gasteiger partial charge in [0.05, 0.1) is 12.7 Å². The summed E-state index contributed by atoms with van der Waals surface area (Å²) in [6, 6.07) is 16.8. The second kappa shape index (κ2) is 10.9. The van der Waals surface area contributed by atoms with Gasteiger partial charge in [0.15, 0.2) is 0 Å². The monoisotopic (exact) mass is 442 g/mol. The van der Waals surface area contributed by atoms with Crippen LogP contribution in [0.1, 0.15) is 27.6 Å². The summed E-state index contributed by atoms with van der Waals surface area (Å²) >= 11 is 5.96. The van der Waals surface area contributed by atoms with Crippen molar-refractivity contribution in [2.75, 3.05) is 13.2 Å². The Morgan fingerprint density at radius 2 is 1.90 bits per heavy atom. The number of carbonyl (C=O) groups is 1. The van der Waals surface area contributed by atoms with Crippen LogP contribution in [0.2, 0.25) is 5.02 Å². The lowest BCUT2D eigenvalue weighted by Crippen LogP contribution is -2.37. The lowest BCUT2D eigenvalue weighted by Gasteiger charge is -2.19. The van der Waals surface area contributed by atoms with E-state index in [0.717, 1.165) is 5.56 Å². The van der Waals surface area contributed by atoms with Gasteiger partial charge in [-0.15, -0.1) is 0 Å². The predicted octanol–water partition coefficient (Wildman–Crippen LogP) is 3.45. The predicted molar refractivity (Wildman–Crippen MR) is 117 cm³/mol. The van der Waals surface area contributed by atoms with E-state index in [1.54, 1.807) is 36.4 Å². The van der Waals surface area contributed by atoms with E-state index in [-0.39, 0.29) is 30.6 Å². The number of hydrogen-bond donors (Lipinski definition) is 4. The van der Waals surface area contributed by atoms with Crippen molar-refractivity contribution in [1.29, 1.82) is 0 Å². The highest BCUT2D eigenvalue weighted by Gasteiger charge is 2.15. The number of nitrogens with one attached hydrogen (secondary N) is 1. The number of nitrogens with zero attached hydrogens (tertiary/aromatic N) is 1. The molecule has 4 N–H and O–H groups in total. The van der Waals surface area contributed by atoms with Crippen LogP contribution in [0.4, 0.5) is 0 Å². The van der Waals surface area contributed by atoms with Crippen molar-refractivity contribution in [2.45, 2.75) is 18.6 Å². The maximum Gasteiger partial charge on any atom is 0.341 e. The number of aromatic nitrogens is 1. The van der Waals surface area contributed by atoms with Crippen molar-refractivity contribution in [3.63, 3.8) is 0 Å². The number of pyridine rings is 1. The average Bonchev–Trinajstić information content (AvgIpc) is 2.77. The molecule has 0 amide bonds. The lowest BCUT2D eigenvalue weighted by molar-refractivity contribution is 0.0693. The summed E-state index contributed by atoms with van der Waals surface area (Å²) in [7, 11) is 0. The van der Waals surface area contributed by atoms with Gasteiger partial charge in [0.25, 0.3) is 0 Å². The molecule has 2 atom stereocenters. The number of halogens is 1. The summed E-state index contributed by atoms with van der Waals surface area (Å²) in [6.45, 7) is 0.167. The highest BCUT2D eigenvalue weighted by molar-refractivity contribution is 6.30. The maximum atomic E-state index is 11.3. The smallest absolute Gasteiger partial charge is 0.341 e. The van der Waals surface area contributed by atoms with Gasteiger partial charge in [-0.1, -0.05) is 35.9 Å². The first-order valence-electron chi connectivity index (χ1n) is 9.69. The van der Waals surface area contributed by atoms with Crippen molar-refractivity contribution in [3.8, 4) is 11.6 Å². The molecule has 3 aromatic rings. The van der Waals surface area contributed by atoms with Crippen molar-refractivity contribution < 1.29 is 24.9 Å². The van der Waals surface area contributed by atoms with Crippen LogP contribution >= 0.6 is 11.6 Å². The second-order valence-corrected chi connectivity index (χ2v) is 7.41. The van der Waals surface area contributed by atoms with Crippen molar-refractivity contribution in [2.24, 2.45) is 0 Å². The number of rotatable bonds is 10. The molecule has 162 valence electrons. The lowest BCUT2D eigenvalue weighted by atomic mass is 10.1. The topological polar surface area (TPSA) is 112 Å². The Kier molecular flexibility index (Phi) is 7.97. The Morgan fingerprint density at radius 3 is 2.58 bits per heavy atom. The molecule has 0 aliphatic heterocycles. The molecule has 1 heterocycles. The van der Waals surface area contributed by atoms with Crippen LogP contribution in [-0.4, -0.2) is 45.5 Å². The fourth-order valence-electron chi connectivity index (χ4n) is 3.04. The quantitative estimate of drug-likeness (QED) is 0.380. The van der Waals surface area contributed by atoms with Gasteiger partial charge in [-0.2, -0.15) is 0 Å². The Bertz CT molecular complexity index is 1010. The average molecular weight is 443 g/mol. The molecule has 0 bridgehead atoms. The minimum Gasteiger partial charge on any atom is -0.477 e. The number of carboxylic acids is 1. The molecule has 1 aromatic heterocycles. The Morgan fingerprint density at radius 1 is 1.13 bits per heavy atom. The molecule has 31 heavy (non-hydrogen) atoms. The molecule has 3 rings (SSSR count). The highest BCUT2D eigenvalue weighted by atomic mass is 35.5. The SMILES string of the molecule is O=C(O)c1cccnc1Oc1ccc(CC(CO)NCC(O)c2cccc(Cl)c2)cc1. The summed E-state index contributed by atoms with van der Waals surface area (Å²) in [6.07, 6.45) is 1.25. The number of ether oxygens (including phenoxy) is 1. The Hall–Kier alpha value is -2.97. The van der Waals surface area contributed by atoms with E-state index in [1.807, 2.05) is 12.1 Å². The summed E-state index contributed by atoms with van der Waals surface area (Å²) < 4.78 is 5.59. The van der Waals surface area contributed by atoms with Crippen LogP contribution < -0.4 is 10.1 Å². The molecule has 7 nitrogen and oxygen atoms in total. The highest BCUT2D eigenvalue weighted by Crippen LogP contribution is 2.23. The van der Waals surface area contributed by atoms with Crippen molar-refractivity contribution >= 4 is 17.6 Å². The van der Waals surface area contributed by atoms with E-state index in [4.69, 9.17) is 16.3 Å². The molecule has 2 unspecified atom stereocenters. The van der Waals surface area contributed by atoms with E-state index in [9.17, 15) is 20.1 Å². The molecule has 0 radical (unpaired) electrons. The third-order valence-electron chi connectivity index (χ3n) is 4.68. The van der Waals surface area contributed by atoms with E-state index < -0.39 is 12.1 Å². The minimum absolute atomic E-state index is 0.0191. The maximum absolute atomic E-state index is 11.3. The van der Waals surface area contributed by atoms with Gasteiger partial charge < -0.3 is 25.4 Å². The van der Waals surface area contributed by atoms with Crippen LogP contribution in [0, 0.1) is 0 Å². The molecular formula is C23H23ClN2O5. The Balaban J connectivity index is 1.57. The van der Waals surface area contributed by atoms with Crippen LogP contribution in [0.3, 0.4) is 0 Å². The van der Waals surface area contributed by atoms with Crippen LogP contribution in [0.25, 0.3) is 0 Å². The van der Waals surface area contributed by atoms with Crippen LogP contribution in [-0.2, 0) is 6.42 Å². The Labute approximate surface area is 184 Å². The summed E-state index contributed by atoms with van der Waals surface area (Å²) in [5.41, 5.74) is 1.62. The van der Waals surface area contributed by atoms with Crippen LogP contribution in [0.5, 0.6) is 11.6 Å². The standard InChI is InChI=1S/C23H23ClN2O5/c24-17-4-1-3-16(12-17)21(28)13-26-18(14-27)11-15-6-8-19(9-7-15)31-22-20(23(29)30)5-2-10-25-22/h1-10,12,18,21,26-28H,11,13-14H2,(H,29,30). The first-order valence-corrected chi connectivity index (χ1v) is 10.1. The van der Waals surface area contributed by atoms with Crippen molar-refractivity contribution in [1.82, 2.24) is 10.3 Å². The largest absolute Gasteiger partial charge is 0.477 e. The number of aliphatic hydroxyl groups excluding tert-OH is 2. The third-order valence-corrected chi connectivity index (χ3v) is 4.91. The van der Waals surface area contributed by atoms with Crippen LogP contribution in [0.15, 0.2) is 66.9 Å². The van der Waals surface area contributed by atoms with Gasteiger partial charge in [0.2, 0.25) is 5.88 Å². The number of benzene rings is 2. The molecule has 0 aliphatic carbocycles. The molecule has 2 aromatic carbocycles. The first kappa shape index (κ1) is 22.7. The molecule has 0 saturated carbocycles. The zero-order valence-electron chi connectivity index (χ0n) is 16.6. The number of hydrogen-bond acceptors (Lipinski definition) is 6. The number of aliphatic hydroxyl groups is 2. The fourth-order valence-corrected chi connectivity index (χ4v) is 3.23. The van der Waals surface area contributed by atoms with Gasteiger partial charge in [-0.25, -0.2) is 9.78 Å². The van der Waals surface area contributed by atoms with E-state index in [1.165, 1.54) is 18.3 Å². The summed E-state index contributed by atoms with van der Waals surface area (Å²) in [5.74, 6) is -0.640. The molecular weight excluding hydrogens is 420 g/mol. The van der Waals surface area contributed by atoms with Gasteiger partial charge >= 0.3 is 5.97 Å². The molecule has 0 fully saturated rings. The van der Waals surface area contributed by atoms with Crippen molar-refractivity contribution in [3.05, 3.63) is 88.6 Å². The number of carboxylic acid groups (broad SMARTS) is 1.